The van der Waals surface area contributed by atoms with E-state index in [1.807, 2.05) is 25.1 Å². The number of hydrogen-bond donors (Lipinski definition) is 2. The van der Waals surface area contributed by atoms with Crippen molar-refractivity contribution in [3.8, 4) is 5.75 Å². The maximum atomic E-state index is 12.1. The van der Waals surface area contributed by atoms with Crippen molar-refractivity contribution < 1.29 is 19.1 Å². The maximum absolute atomic E-state index is 12.1. The number of amides is 1. The molecule has 0 fully saturated rings. The molecule has 9 heteroatoms. The first-order chi connectivity index (χ1) is 12.5. The number of esters is 1. The van der Waals surface area contributed by atoms with Gasteiger partial charge < -0.3 is 9.47 Å². The Morgan fingerprint density at radius 3 is 2.85 bits per heavy atom. The van der Waals surface area contributed by atoms with Crippen molar-refractivity contribution in [2.75, 3.05) is 26.1 Å². The molecule has 0 bridgehead atoms. The van der Waals surface area contributed by atoms with Gasteiger partial charge in [0.1, 0.15) is 11.3 Å². The van der Waals surface area contributed by atoms with Gasteiger partial charge in [0, 0.05) is 5.39 Å². The van der Waals surface area contributed by atoms with Crippen molar-refractivity contribution in [1.82, 2.24) is 15.3 Å². The number of ether oxygens (including phenoxy) is 2. The molecular formula is C17H19N5O4. The van der Waals surface area contributed by atoms with Crippen LogP contribution in [0.4, 0.5) is 5.95 Å². The Kier molecular flexibility index (Phi) is 4.97. The van der Waals surface area contributed by atoms with E-state index in [0.717, 1.165) is 11.1 Å². The van der Waals surface area contributed by atoms with Crippen molar-refractivity contribution >= 4 is 34.7 Å². The van der Waals surface area contributed by atoms with E-state index in [0.29, 0.717) is 17.2 Å². The number of aryl methyl sites for hydroxylation is 1. The molecule has 1 aliphatic heterocycles. The van der Waals surface area contributed by atoms with E-state index in [4.69, 9.17) is 4.74 Å². The van der Waals surface area contributed by atoms with Crippen LogP contribution in [0.5, 0.6) is 5.75 Å². The number of nitrogens with zero attached hydrogens (tertiary/aromatic N) is 3. The largest absolute Gasteiger partial charge is 0.494 e. The Bertz CT molecular complexity index is 896. The molecule has 1 aromatic carbocycles. The summed E-state index contributed by atoms with van der Waals surface area (Å²) in [6.07, 6.45) is -0.0120. The van der Waals surface area contributed by atoms with Crippen molar-refractivity contribution in [2.24, 2.45) is 10.9 Å². The zero-order valence-electron chi connectivity index (χ0n) is 14.7. The van der Waals surface area contributed by atoms with Gasteiger partial charge in [0.25, 0.3) is 0 Å². The van der Waals surface area contributed by atoms with E-state index in [1.54, 1.807) is 7.11 Å². The monoisotopic (exact) mass is 357 g/mol. The average Bonchev–Trinajstić information content (AvgIpc) is 2.63. The fourth-order valence-electron chi connectivity index (χ4n) is 2.66. The summed E-state index contributed by atoms with van der Waals surface area (Å²) in [5, 5.41) is 6.41. The molecule has 1 aliphatic rings. The topological polar surface area (TPSA) is 115 Å². The number of fused-ring (bicyclic) bond motifs is 1. The molecule has 9 nitrogen and oxygen atoms in total. The van der Waals surface area contributed by atoms with Crippen LogP contribution < -0.4 is 15.4 Å². The van der Waals surface area contributed by atoms with Gasteiger partial charge in [-0.05, 0) is 13.0 Å². The molecule has 0 saturated carbocycles. The molecule has 2 N–H and O–H groups in total. The number of carbonyl (C=O) groups excluding carboxylic acids is 2. The third-order valence-electron chi connectivity index (χ3n) is 4.05. The summed E-state index contributed by atoms with van der Waals surface area (Å²) >= 11 is 0. The summed E-state index contributed by atoms with van der Waals surface area (Å²) in [4.78, 5) is 36.5. The average molecular weight is 357 g/mol. The Morgan fingerprint density at radius 2 is 2.15 bits per heavy atom. The summed E-state index contributed by atoms with van der Waals surface area (Å²) in [5.41, 5.74) is 1.43. The lowest BCUT2D eigenvalue weighted by atomic mass is 10.0. The molecule has 1 amide bonds. The summed E-state index contributed by atoms with van der Waals surface area (Å²) < 4.78 is 9.93. The number of nitrogens with one attached hydrogen (secondary N) is 2. The van der Waals surface area contributed by atoms with Crippen LogP contribution in [0, 0.1) is 12.8 Å². The van der Waals surface area contributed by atoms with E-state index in [-0.39, 0.29) is 24.8 Å². The molecular weight excluding hydrogens is 338 g/mol. The van der Waals surface area contributed by atoms with Gasteiger partial charge >= 0.3 is 5.97 Å². The highest BCUT2D eigenvalue weighted by Crippen LogP contribution is 2.26. The normalized spacial score (nSPS) is 16.7. The van der Waals surface area contributed by atoms with Gasteiger partial charge in [0.2, 0.25) is 17.8 Å². The lowest BCUT2D eigenvalue weighted by molar-refractivity contribution is -0.143. The van der Waals surface area contributed by atoms with Crippen molar-refractivity contribution in [2.45, 2.75) is 13.3 Å². The van der Waals surface area contributed by atoms with Gasteiger partial charge in [-0.2, -0.15) is 0 Å². The Labute approximate surface area is 149 Å². The van der Waals surface area contributed by atoms with E-state index >= 15 is 0 Å². The first kappa shape index (κ1) is 17.6. The van der Waals surface area contributed by atoms with E-state index in [2.05, 4.69) is 30.3 Å². The molecule has 136 valence electrons. The van der Waals surface area contributed by atoms with Crippen molar-refractivity contribution in [3.63, 3.8) is 0 Å². The van der Waals surface area contributed by atoms with Crippen LogP contribution in [0.1, 0.15) is 12.1 Å². The Hall–Kier alpha value is -3.23. The number of benzene rings is 1. The van der Waals surface area contributed by atoms with Crippen LogP contribution in [-0.4, -0.2) is 48.6 Å². The predicted octanol–water partition coefficient (Wildman–Crippen LogP) is 1.02. The molecule has 1 atom stereocenters. The van der Waals surface area contributed by atoms with Crippen LogP contribution in [-0.2, 0) is 14.3 Å². The van der Waals surface area contributed by atoms with E-state index in [9.17, 15) is 9.59 Å². The van der Waals surface area contributed by atoms with Gasteiger partial charge in [-0.3, -0.25) is 25.2 Å². The molecule has 1 aromatic heterocycles. The van der Waals surface area contributed by atoms with Gasteiger partial charge in [0.15, 0.2) is 0 Å². The minimum Gasteiger partial charge on any atom is -0.494 e. The number of hydrogen-bond acceptors (Lipinski definition) is 8. The maximum Gasteiger partial charge on any atom is 0.306 e. The van der Waals surface area contributed by atoms with Gasteiger partial charge in [-0.25, -0.2) is 9.97 Å². The zero-order chi connectivity index (χ0) is 18.7. The second-order valence-electron chi connectivity index (χ2n) is 5.77. The van der Waals surface area contributed by atoms with E-state index in [1.165, 1.54) is 7.11 Å². The molecule has 2 aromatic rings. The molecule has 0 radical (unpaired) electrons. The standard InChI is InChI=1S/C17H19N5O4/c1-9-11-5-4-6-12(25-2)14(11)20-17(19-9)22-16-18-8-10(15(24)21-16)7-13(23)26-3/h4-6,10H,7-8H2,1-3H3,(H2,18,19,20,21,22,24). The highest BCUT2D eigenvalue weighted by atomic mass is 16.5. The molecule has 0 saturated heterocycles. The molecule has 3 rings (SSSR count). The van der Waals surface area contributed by atoms with Crippen LogP contribution in [0.2, 0.25) is 0 Å². The number of anilines is 1. The first-order valence-corrected chi connectivity index (χ1v) is 8.02. The number of rotatable bonds is 4. The molecule has 0 spiro atoms. The van der Waals surface area contributed by atoms with Crippen molar-refractivity contribution in [3.05, 3.63) is 23.9 Å². The number of methoxy groups -OCH3 is 2. The molecule has 2 heterocycles. The first-order valence-electron chi connectivity index (χ1n) is 8.02. The number of carbonyl (C=O) groups is 2. The number of para-hydroxylation sites is 1. The number of aromatic nitrogens is 2. The minimum atomic E-state index is -0.549. The second-order valence-corrected chi connectivity index (χ2v) is 5.77. The minimum absolute atomic E-state index is 0.0120. The van der Waals surface area contributed by atoms with Gasteiger partial charge in [0.05, 0.1) is 38.8 Å². The lowest BCUT2D eigenvalue weighted by Gasteiger charge is -2.21. The molecule has 1 unspecified atom stereocenters. The highest BCUT2D eigenvalue weighted by Gasteiger charge is 2.27. The fraction of sp³-hybridized carbons (Fsp3) is 0.353. The third kappa shape index (κ3) is 3.56. The summed E-state index contributed by atoms with van der Waals surface area (Å²) in [7, 11) is 2.86. The van der Waals surface area contributed by atoms with E-state index < -0.39 is 11.9 Å². The molecule has 0 aliphatic carbocycles. The number of aliphatic imine (C=N–C) groups is 1. The van der Waals surface area contributed by atoms with Crippen molar-refractivity contribution in [1.29, 1.82) is 0 Å². The van der Waals surface area contributed by atoms with Crippen LogP contribution in [0.3, 0.4) is 0 Å². The summed E-state index contributed by atoms with van der Waals surface area (Å²) in [5.74, 6) is -0.133. The Morgan fingerprint density at radius 1 is 1.35 bits per heavy atom. The third-order valence-corrected chi connectivity index (χ3v) is 4.05. The lowest BCUT2D eigenvalue weighted by Crippen LogP contribution is -2.45. The van der Waals surface area contributed by atoms with Gasteiger partial charge in [-0.15, -0.1) is 0 Å². The zero-order valence-corrected chi connectivity index (χ0v) is 14.7. The SMILES string of the molecule is COC(=O)CC1CN=C(Nc2nc(C)c3cccc(OC)c3n2)NC1=O. The second kappa shape index (κ2) is 7.34. The summed E-state index contributed by atoms with van der Waals surface area (Å²) in [6.45, 7) is 2.04. The van der Waals surface area contributed by atoms with Gasteiger partial charge in [-0.1, -0.05) is 12.1 Å². The van der Waals surface area contributed by atoms with Crippen LogP contribution in [0.25, 0.3) is 10.9 Å². The predicted molar refractivity (Wildman–Crippen MR) is 95.0 cm³/mol. The smallest absolute Gasteiger partial charge is 0.306 e. The summed E-state index contributed by atoms with van der Waals surface area (Å²) in [6, 6.07) is 5.60. The van der Waals surface area contributed by atoms with Crippen LogP contribution in [0.15, 0.2) is 23.2 Å². The Balaban J connectivity index is 1.81. The fourth-order valence-corrected chi connectivity index (χ4v) is 2.66. The highest BCUT2D eigenvalue weighted by molar-refractivity contribution is 6.06. The quantitative estimate of drug-likeness (QED) is 0.785. The van der Waals surface area contributed by atoms with Crippen LogP contribution >= 0.6 is 0 Å². The number of guanidine groups is 1. The molecule has 26 heavy (non-hydrogen) atoms.